The molecular weight excluding hydrogens is 584 g/mol. The molecule has 3 unspecified atom stereocenters. The number of likely N-dealkylation sites (N-methyl/N-ethyl adjacent to an activating group) is 1. The van der Waals surface area contributed by atoms with Crippen LogP contribution in [0.15, 0.2) is 54.1 Å². The number of ether oxygens (including phenoxy) is 1. The fraction of sp³-hybridized carbons (Fsp3) is 0.525. The number of nitrogens with one attached hydrogen (secondary N) is 2. The van der Waals surface area contributed by atoms with Crippen LogP contribution >= 0.6 is 0 Å². The summed E-state index contributed by atoms with van der Waals surface area (Å²) in [5.74, 6) is 1.37. The van der Waals surface area contributed by atoms with Gasteiger partial charge in [0.2, 0.25) is 0 Å². The maximum Gasteiger partial charge on any atom is 0.310 e. The molecule has 3 N–H and O–H groups in total. The van der Waals surface area contributed by atoms with Gasteiger partial charge < -0.3 is 19.8 Å². The van der Waals surface area contributed by atoms with Gasteiger partial charge in [-0.05, 0) is 93.7 Å². The van der Waals surface area contributed by atoms with Gasteiger partial charge >= 0.3 is 5.97 Å². The Hall–Kier alpha value is -3.39. The summed E-state index contributed by atoms with van der Waals surface area (Å²) >= 11 is 0. The fourth-order valence-corrected chi connectivity index (χ4v) is 11.2. The first kappa shape index (κ1) is 29.7. The average Bonchev–Trinajstić information content (AvgIpc) is 3.60. The van der Waals surface area contributed by atoms with Gasteiger partial charge in [-0.1, -0.05) is 42.0 Å². The molecule has 1 saturated carbocycles. The lowest BCUT2D eigenvalue weighted by Crippen LogP contribution is -2.58. The van der Waals surface area contributed by atoms with E-state index in [1.54, 1.807) is 7.11 Å². The number of likely N-dealkylation sites (tertiary alicyclic amines) is 1. The van der Waals surface area contributed by atoms with Crippen molar-refractivity contribution < 1.29 is 14.6 Å². The van der Waals surface area contributed by atoms with E-state index in [2.05, 4.69) is 82.3 Å². The molecule has 4 aliphatic heterocycles. The van der Waals surface area contributed by atoms with E-state index in [4.69, 9.17) is 4.74 Å². The van der Waals surface area contributed by atoms with Crippen molar-refractivity contribution in [2.45, 2.75) is 76.0 Å². The normalized spacial score (nSPS) is 34.8. The number of methoxy groups -OCH3 is 1. The highest BCUT2D eigenvalue weighted by Gasteiger charge is 2.51. The molecule has 7 nitrogen and oxygen atoms in total. The lowest BCUT2D eigenvalue weighted by Gasteiger charge is -2.54. The summed E-state index contributed by atoms with van der Waals surface area (Å²) in [6.45, 7) is 7.26. The lowest BCUT2D eigenvalue weighted by atomic mass is 9.64. The third-order valence-corrected chi connectivity index (χ3v) is 13.2. The van der Waals surface area contributed by atoms with Gasteiger partial charge in [-0.15, -0.1) is 0 Å². The van der Waals surface area contributed by atoms with E-state index in [-0.39, 0.29) is 35.9 Å². The highest BCUT2D eigenvalue weighted by Crippen LogP contribution is 2.52. The zero-order valence-corrected chi connectivity index (χ0v) is 28.1. The smallest absolute Gasteiger partial charge is 0.310 e. The molecule has 4 fully saturated rings. The highest BCUT2D eigenvalue weighted by molar-refractivity contribution is 5.88. The molecule has 7 heteroatoms. The first-order valence-electron chi connectivity index (χ1n) is 17.9. The number of fused-ring (bicyclic) bond motifs is 9. The van der Waals surface area contributed by atoms with Crippen LogP contribution in [-0.4, -0.2) is 82.8 Å². The van der Waals surface area contributed by atoms with Crippen LogP contribution in [-0.2, 0) is 22.4 Å². The van der Waals surface area contributed by atoms with Crippen molar-refractivity contribution in [2.24, 2.45) is 23.7 Å². The molecule has 6 aliphatic rings. The zero-order chi connectivity index (χ0) is 32.1. The Morgan fingerprint density at radius 1 is 1.02 bits per heavy atom. The molecule has 2 aliphatic carbocycles. The van der Waals surface area contributed by atoms with E-state index in [0.29, 0.717) is 23.8 Å². The maximum absolute atomic E-state index is 13.6. The number of rotatable bonds is 3. The molecule has 2 aromatic carbocycles. The molecule has 246 valence electrons. The van der Waals surface area contributed by atoms with Gasteiger partial charge in [0.05, 0.1) is 19.1 Å². The van der Waals surface area contributed by atoms with Crippen LogP contribution in [0.2, 0.25) is 0 Å². The van der Waals surface area contributed by atoms with E-state index < -0.39 is 0 Å². The summed E-state index contributed by atoms with van der Waals surface area (Å²) in [7, 11) is 3.71. The Balaban J connectivity index is 1.19. The van der Waals surface area contributed by atoms with Crippen LogP contribution in [0.3, 0.4) is 0 Å². The second-order valence-corrected chi connectivity index (χ2v) is 15.5. The second-order valence-electron chi connectivity index (χ2n) is 15.5. The zero-order valence-electron chi connectivity index (χ0n) is 28.1. The Labute approximate surface area is 277 Å². The molecule has 0 amide bonds. The quantitative estimate of drug-likeness (QED) is 0.187. The predicted octanol–water partition coefficient (Wildman–Crippen LogP) is 6.12. The molecule has 0 spiro atoms. The minimum absolute atomic E-state index is 0.0764. The number of carbonyl (C=O) groups excluding carboxylic acids is 1. The molecule has 6 heterocycles. The summed E-state index contributed by atoms with van der Waals surface area (Å²) in [5.41, 5.74) is 10.6. The number of carbonyl (C=O) groups is 1. The van der Waals surface area contributed by atoms with Gasteiger partial charge in [-0.25, -0.2) is 0 Å². The fourth-order valence-electron chi connectivity index (χ4n) is 11.2. The van der Waals surface area contributed by atoms with Gasteiger partial charge in [0, 0.05) is 82.7 Å². The minimum Gasteiger partial charge on any atom is -0.469 e. The first-order valence-corrected chi connectivity index (χ1v) is 17.9. The van der Waals surface area contributed by atoms with Crippen molar-refractivity contribution in [3.8, 4) is 0 Å². The van der Waals surface area contributed by atoms with Gasteiger partial charge in [-0.3, -0.25) is 14.6 Å². The predicted molar refractivity (Wildman–Crippen MR) is 186 cm³/mol. The molecule has 47 heavy (non-hydrogen) atoms. The number of nitrogens with zero attached hydrogens (tertiary/aromatic N) is 2. The summed E-state index contributed by atoms with van der Waals surface area (Å²) in [6, 6.07) is 16.3. The van der Waals surface area contributed by atoms with Gasteiger partial charge in [0.25, 0.3) is 0 Å². The number of piperidine rings is 3. The molecule has 10 atom stereocenters. The third kappa shape index (κ3) is 4.45. The van der Waals surface area contributed by atoms with Crippen molar-refractivity contribution >= 4 is 27.8 Å². The number of H-pyrrole nitrogens is 2. The molecular formula is C40H48N4O3. The van der Waals surface area contributed by atoms with Crippen LogP contribution in [0.25, 0.3) is 21.8 Å². The lowest BCUT2D eigenvalue weighted by molar-refractivity contribution is -0.151. The molecule has 4 aromatic rings. The third-order valence-electron chi connectivity index (χ3n) is 13.2. The standard InChI is InChI=1S/C40H48N4O3/c1-5-23-20-43(3)35-18-31-25-8-6-7-9-33(25)41-38(31)30(17-29(23)36(35)40(46)47-4)24-10-11-26-27-12-13-44-19-22-14-28(21(2)45)39(44)32(15-22)37(27)42-34(26)16-24/h5-11,16,21-22,28-30,32,35-36,39,41-42,45H,12-15,17-20H2,1-4H3/b23-5-/t21-,22-,28?,29+,30+,32-,35-,36?,39-/m0/s1. The number of benzene rings is 2. The van der Waals surface area contributed by atoms with Crippen LogP contribution in [0.4, 0.5) is 0 Å². The van der Waals surface area contributed by atoms with Crippen molar-refractivity contribution in [1.29, 1.82) is 0 Å². The molecule has 0 radical (unpaired) electrons. The second kappa shape index (κ2) is 11.1. The Kier molecular flexibility index (Phi) is 7.01. The summed E-state index contributed by atoms with van der Waals surface area (Å²) in [4.78, 5) is 26.6. The number of hydrogen-bond donors (Lipinski definition) is 3. The van der Waals surface area contributed by atoms with E-state index >= 15 is 0 Å². The van der Waals surface area contributed by atoms with Crippen molar-refractivity contribution in [3.63, 3.8) is 0 Å². The van der Waals surface area contributed by atoms with E-state index in [1.165, 1.54) is 68.4 Å². The largest absolute Gasteiger partial charge is 0.469 e. The van der Waals surface area contributed by atoms with Crippen molar-refractivity contribution in [1.82, 2.24) is 19.8 Å². The van der Waals surface area contributed by atoms with Crippen LogP contribution in [0.5, 0.6) is 0 Å². The summed E-state index contributed by atoms with van der Waals surface area (Å²) in [5, 5.41) is 13.4. The van der Waals surface area contributed by atoms with E-state index in [0.717, 1.165) is 38.8 Å². The minimum atomic E-state index is -0.273. The number of aromatic nitrogens is 2. The Bertz CT molecular complexity index is 1900. The molecule has 2 aromatic heterocycles. The maximum atomic E-state index is 13.6. The number of hydrogen-bond acceptors (Lipinski definition) is 5. The van der Waals surface area contributed by atoms with E-state index in [1.807, 2.05) is 6.92 Å². The average molecular weight is 633 g/mol. The first-order chi connectivity index (χ1) is 22.8. The Morgan fingerprint density at radius 3 is 2.64 bits per heavy atom. The number of aliphatic hydroxyl groups excluding tert-OH is 1. The molecule has 10 rings (SSSR count). The SMILES string of the molecule is C/C=C1/CN(C)[C@H]2Cc3c([nH]c4ccccc34)[C@@H](c3ccc4c5c([nH]c4c3)[C@@H]3C[C@@H]4CC([C@H](C)O)[C@@H]3N(CC5)C4)C[C@H]1C2C(=O)OC. The number of esters is 1. The van der Waals surface area contributed by atoms with E-state index in [9.17, 15) is 9.90 Å². The van der Waals surface area contributed by atoms with Gasteiger partial charge in [0.1, 0.15) is 0 Å². The van der Waals surface area contributed by atoms with Crippen molar-refractivity contribution in [3.05, 3.63) is 82.2 Å². The van der Waals surface area contributed by atoms with Crippen LogP contribution in [0, 0.1) is 23.7 Å². The number of aliphatic hydroxyl groups is 1. The van der Waals surface area contributed by atoms with Crippen molar-refractivity contribution in [2.75, 3.05) is 33.8 Å². The number of para-hydroxylation sites is 1. The monoisotopic (exact) mass is 632 g/mol. The van der Waals surface area contributed by atoms with Gasteiger partial charge in [0.15, 0.2) is 0 Å². The summed E-state index contributed by atoms with van der Waals surface area (Å²) in [6.07, 6.45) is 7.06. The Morgan fingerprint density at radius 2 is 1.83 bits per heavy atom. The van der Waals surface area contributed by atoms with Gasteiger partial charge in [-0.2, -0.15) is 0 Å². The van der Waals surface area contributed by atoms with Crippen LogP contribution in [0.1, 0.15) is 73.0 Å². The topological polar surface area (TPSA) is 84.6 Å². The molecule has 6 bridgehead atoms. The highest BCUT2D eigenvalue weighted by atomic mass is 16.5. The summed E-state index contributed by atoms with van der Waals surface area (Å²) < 4.78 is 5.53. The van der Waals surface area contributed by atoms with Crippen LogP contribution < -0.4 is 0 Å². The molecule has 3 saturated heterocycles. The number of aromatic amines is 2. The number of allylic oxidation sites excluding steroid dienone is 1.